The lowest BCUT2D eigenvalue weighted by molar-refractivity contribution is -0.143. The Morgan fingerprint density at radius 1 is 1.10 bits per heavy atom. The minimum absolute atomic E-state index is 0.00221. The van der Waals surface area contributed by atoms with Crippen molar-refractivity contribution in [1.82, 2.24) is 14.4 Å². The van der Waals surface area contributed by atoms with Gasteiger partial charge in [-0.3, -0.25) is 9.59 Å². The molecule has 6 heteroatoms. The van der Waals surface area contributed by atoms with Crippen molar-refractivity contribution in [3.63, 3.8) is 0 Å². The average Bonchev–Trinajstić information content (AvgIpc) is 3.14. The molecule has 1 aromatic heterocycles. The maximum absolute atomic E-state index is 13.4. The highest BCUT2D eigenvalue weighted by atomic mass is 16.5. The number of benzene rings is 1. The molecule has 2 amide bonds. The van der Waals surface area contributed by atoms with E-state index in [-0.39, 0.29) is 30.3 Å². The highest BCUT2D eigenvalue weighted by molar-refractivity contribution is 5.88. The van der Waals surface area contributed by atoms with E-state index in [2.05, 4.69) is 0 Å². The Morgan fingerprint density at radius 2 is 1.80 bits per heavy atom. The fraction of sp³-hybridized carbons (Fsp3) is 0.500. The number of nitrogens with zero attached hydrogens (tertiary/aromatic N) is 3. The van der Waals surface area contributed by atoms with E-state index in [4.69, 9.17) is 4.74 Å². The van der Waals surface area contributed by atoms with Crippen LogP contribution in [-0.4, -0.2) is 59.0 Å². The Kier molecular flexibility index (Phi) is 9.12. The molecule has 0 radical (unpaired) electrons. The maximum atomic E-state index is 13.4. The number of amides is 2. The van der Waals surface area contributed by atoms with Crippen molar-refractivity contribution in [3.05, 3.63) is 59.9 Å². The molecular weight excluding hydrogens is 378 g/mol. The molecule has 0 aliphatic heterocycles. The van der Waals surface area contributed by atoms with Crippen LogP contribution in [0.4, 0.5) is 0 Å². The largest absolute Gasteiger partial charge is 0.383 e. The minimum Gasteiger partial charge on any atom is -0.383 e. The summed E-state index contributed by atoms with van der Waals surface area (Å²) in [7, 11) is 3.59. The fourth-order valence-corrected chi connectivity index (χ4v) is 3.55. The Morgan fingerprint density at radius 3 is 2.33 bits per heavy atom. The molecule has 0 saturated heterocycles. The molecule has 2 rings (SSSR count). The molecule has 164 valence electrons. The third-order valence-corrected chi connectivity index (χ3v) is 5.44. The van der Waals surface area contributed by atoms with Crippen LogP contribution in [0.25, 0.3) is 0 Å². The molecule has 0 saturated carbocycles. The van der Waals surface area contributed by atoms with Crippen molar-refractivity contribution in [2.45, 2.75) is 45.7 Å². The Hall–Kier alpha value is -2.60. The number of ether oxygens (including phenoxy) is 1. The number of rotatable bonds is 11. The van der Waals surface area contributed by atoms with Crippen molar-refractivity contribution >= 4 is 11.8 Å². The van der Waals surface area contributed by atoms with Gasteiger partial charge >= 0.3 is 0 Å². The predicted octanol–water partition coefficient (Wildman–Crippen LogP) is 3.43. The third kappa shape index (κ3) is 6.20. The van der Waals surface area contributed by atoms with E-state index in [9.17, 15) is 9.59 Å². The zero-order valence-electron chi connectivity index (χ0n) is 18.9. The summed E-state index contributed by atoms with van der Waals surface area (Å²) in [5.41, 5.74) is 2.03. The molecule has 0 aliphatic rings. The van der Waals surface area contributed by atoms with Gasteiger partial charge in [0.2, 0.25) is 11.8 Å². The van der Waals surface area contributed by atoms with Gasteiger partial charge in [-0.05, 0) is 38.0 Å². The number of methoxy groups -OCH3 is 1. The smallest absolute Gasteiger partial charge is 0.242 e. The molecule has 2 aromatic rings. The summed E-state index contributed by atoms with van der Waals surface area (Å²) in [6.45, 7) is 7.41. The summed E-state index contributed by atoms with van der Waals surface area (Å²) in [6, 6.07) is 13.7. The van der Waals surface area contributed by atoms with Gasteiger partial charge in [0.15, 0.2) is 0 Å². The molecule has 1 atom stereocenters. The van der Waals surface area contributed by atoms with Crippen molar-refractivity contribution in [2.24, 2.45) is 7.05 Å². The third-order valence-electron chi connectivity index (χ3n) is 5.44. The summed E-state index contributed by atoms with van der Waals surface area (Å²) in [5, 5.41) is 0. The maximum Gasteiger partial charge on any atom is 0.242 e. The van der Waals surface area contributed by atoms with Crippen LogP contribution in [0.2, 0.25) is 0 Å². The first-order chi connectivity index (χ1) is 14.4. The van der Waals surface area contributed by atoms with Gasteiger partial charge in [-0.25, -0.2) is 0 Å². The minimum atomic E-state index is -0.248. The van der Waals surface area contributed by atoms with E-state index in [1.54, 1.807) is 16.9 Å². The molecule has 1 unspecified atom stereocenters. The predicted molar refractivity (Wildman–Crippen MR) is 119 cm³/mol. The van der Waals surface area contributed by atoms with Crippen molar-refractivity contribution in [3.8, 4) is 0 Å². The molecule has 0 N–H and O–H groups in total. The topological polar surface area (TPSA) is 54.8 Å². The average molecular weight is 414 g/mol. The normalized spacial score (nSPS) is 12.1. The zero-order chi connectivity index (χ0) is 22.1. The van der Waals surface area contributed by atoms with E-state index in [1.807, 2.05) is 81.0 Å². The van der Waals surface area contributed by atoms with Crippen LogP contribution in [0, 0.1) is 0 Å². The number of hydrogen-bond acceptors (Lipinski definition) is 3. The summed E-state index contributed by atoms with van der Waals surface area (Å²) in [5.74, 6) is -0.322. The second-order valence-corrected chi connectivity index (χ2v) is 7.85. The fourth-order valence-electron chi connectivity index (χ4n) is 3.55. The summed E-state index contributed by atoms with van der Waals surface area (Å²) >= 11 is 0. The first-order valence-corrected chi connectivity index (χ1v) is 10.6. The standard InChI is InChI=1S/C24H35N3O3/c1-6-22(20-11-8-7-9-12-20)24(29)27(19(2)3)18-23(28)26(15-16-30-5)17-21-13-10-14-25(21)4/h7-14,19,22H,6,15-18H2,1-5H3. The van der Waals surface area contributed by atoms with E-state index in [0.29, 0.717) is 26.1 Å². The Labute approximate surface area is 180 Å². The lowest BCUT2D eigenvalue weighted by Crippen LogP contribution is -2.48. The van der Waals surface area contributed by atoms with Crippen molar-refractivity contribution in [2.75, 3.05) is 26.8 Å². The van der Waals surface area contributed by atoms with Gasteiger partial charge < -0.3 is 19.1 Å². The summed E-state index contributed by atoms with van der Waals surface area (Å²) in [6.07, 6.45) is 2.65. The summed E-state index contributed by atoms with van der Waals surface area (Å²) < 4.78 is 7.20. The quantitative estimate of drug-likeness (QED) is 0.567. The number of aryl methyl sites for hydroxylation is 1. The van der Waals surface area contributed by atoms with Gasteiger partial charge in [-0.15, -0.1) is 0 Å². The van der Waals surface area contributed by atoms with Gasteiger partial charge in [-0.1, -0.05) is 37.3 Å². The lowest BCUT2D eigenvalue weighted by atomic mass is 9.94. The van der Waals surface area contributed by atoms with E-state index in [0.717, 1.165) is 11.3 Å². The first-order valence-electron chi connectivity index (χ1n) is 10.6. The van der Waals surface area contributed by atoms with E-state index >= 15 is 0 Å². The van der Waals surface area contributed by atoms with Crippen LogP contribution in [0.5, 0.6) is 0 Å². The molecule has 0 fully saturated rings. The second-order valence-electron chi connectivity index (χ2n) is 7.85. The Balaban J connectivity index is 2.18. The van der Waals surface area contributed by atoms with Crippen LogP contribution in [-0.2, 0) is 27.9 Å². The van der Waals surface area contributed by atoms with Gasteiger partial charge in [0.05, 0.1) is 19.1 Å². The number of carbonyl (C=O) groups is 2. The molecular formula is C24H35N3O3. The summed E-state index contributed by atoms with van der Waals surface area (Å²) in [4.78, 5) is 30.1. The molecule has 0 aliphatic carbocycles. The van der Waals surface area contributed by atoms with Crippen LogP contribution in [0.15, 0.2) is 48.7 Å². The molecule has 1 aromatic carbocycles. The number of carbonyl (C=O) groups excluding carboxylic acids is 2. The van der Waals surface area contributed by atoms with Crippen LogP contribution in [0.3, 0.4) is 0 Å². The van der Waals surface area contributed by atoms with Crippen LogP contribution in [0.1, 0.15) is 44.4 Å². The monoisotopic (exact) mass is 413 g/mol. The second kappa shape index (κ2) is 11.6. The number of hydrogen-bond donors (Lipinski definition) is 0. The van der Waals surface area contributed by atoms with Crippen LogP contribution >= 0.6 is 0 Å². The molecule has 6 nitrogen and oxygen atoms in total. The van der Waals surface area contributed by atoms with Gasteiger partial charge in [0.25, 0.3) is 0 Å². The molecule has 0 spiro atoms. The highest BCUT2D eigenvalue weighted by Gasteiger charge is 2.29. The van der Waals surface area contributed by atoms with Crippen molar-refractivity contribution in [1.29, 1.82) is 0 Å². The first kappa shape index (κ1) is 23.7. The van der Waals surface area contributed by atoms with E-state index in [1.165, 1.54) is 0 Å². The Bertz CT molecular complexity index is 801. The van der Waals surface area contributed by atoms with Crippen molar-refractivity contribution < 1.29 is 14.3 Å². The van der Waals surface area contributed by atoms with Crippen LogP contribution < -0.4 is 0 Å². The SMILES string of the molecule is CCC(C(=O)N(CC(=O)N(CCOC)Cc1cccn1C)C(C)C)c1ccccc1. The molecule has 30 heavy (non-hydrogen) atoms. The van der Waals surface area contributed by atoms with Gasteiger partial charge in [0.1, 0.15) is 6.54 Å². The highest BCUT2D eigenvalue weighted by Crippen LogP contribution is 2.23. The van der Waals surface area contributed by atoms with Gasteiger partial charge in [-0.2, -0.15) is 0 Å². The lowest BCUT2D eigenvalue weighted by Gasteiger charge is -2.32. The zero-order valence-corrected chi connectivity index (χ0v) is 18.9. The molecule has 0 bridgehead atoms. The van der Waals surface area contributed by atoms with E-state index < -0.39 is 0 Å². The number of aromatic nitrogens is 1. The molecule has 1 heterocycles. The van der Waals surface area contributed by atoms with Gasteiger partial charge in [0, 0.05) is 38.6 Å².